The van der Waals surface area contributed by atoms with Crippen molar-refractivity contribution >= 4 is 29.2 Å². The number of rotatable bonds is 6. The van der Waals surface area contributed by atoms with Gasteiger partial charge in [-0.2, -0.15) is 0 Å². The van der Waals surface area contributed by atoms with Crippen LogP contribution >= 0.6 is 11.6 Å². The molecule has 29 heavy (non-hydrogen) atoms. The van der Waals surface area contributed by atoms with E-state index in [1.54, 1.807) is 30.9 Å². The largest absolute Gasteiger partial charge is 0.479 e. The first-order valence-corrected chi connectivity index (χ1v) is 9.87. The van der Waals surface area contributed by atoms with Crippen LogP contribution in [0, 0.1) is 13.8 Å². The van der Waals surface area contributed by atoms with E-state index in [-0.39, 0.29) is 18.4 Å². The van der Waals surface area contributed by atoms with Gasteiger partial charge in [0.25, 0.3) is 5.91 Å². The molecule has 0 saturated carbocycles. The van der Waals surface area contributed by atoms with Crippen molar-refractivity contribution in [2.45, 2.75) is 26.9 Å². The van der Waals surface area contributed by atoms with Gasteiger partial charge in [-0.25, -0.2) is 0 Å². The number of amides is 2. The molecular weight excluding hydrogens is 396 g/mol. The van der Waals surface area contributed by atoms with Gasteiger partial charge in [-0.3, -0.25) is 14.5 Å². The first-order chi connectivity index (χ1) is 13.8. The molecule has 1 aromatic heterocycles. The van der Waals surface area contributed by atoms with Gasteiger partial charge >= 0.3 is 0 Å². The Bertz CT molecular complexity index is 877. The summed E-state index contributed by atoms with van der Waals surface area (Å²) in [5.41, 5.74) is 1.01. The monoisotopic (exact) mass is 420 g/mol. The van der Waals surface area contributed by atoms with Crippen molar-refractivity contribution in [1.29, 1.82) is 0 Å². The maximum absolute atomic E-state index is 12.7. The molecule has 1 fully saturated rings. The Labute approximate surface area is 174 Å². The molecule has 1 aliphatic rings. The lowest BCUT2D eigenvalue weighted by atomic mass is 10.2. The zero-order valence-corrected chi connectivity index (χ0v) is 17.5. The molecule has 2 aromatic rings. The minimum Gasteiger partial charge on any atom is -0.479 e. The van der Waals surface area contributed by atoms with Crippen LogP contribution in [0.3, 0.4) is 0 Å². The number of hydrogen-bond donors (Lipinski definition) is 1. The maximum atomic E-state index is 12.7. The van der Waals surface area contributed by atoms with Crippen LogP contribution in [0.4, 0.5) is 5.82 Å². The van der Waals surface area contributed by atoms with Gasteiger partial charge in [0.1, 0.15) is 11.5 Å². The molecule has 1 aromatic carbocycles. The molecule has 2 heterocycles. The Morgan fingerprint density at radius 2 is 1.97 bits per heavy atom. The smallest absolute Gasteiger partial charge is 0.263 e. The van der Waals surface area contributed by atoms with Crippen LogP contribution in [0.15, 0.2) is 28.8 Å². The van der Waals surface area contributed by atoms with Crippen LogP contribution in [0.25, 0.3) is 0 Å². The second-order valence-electron chi connectivity index (χ2n) is 7.17. The molecule has 0 radical (unpaired) electrons. The number of ether oxygens (including phenoxy) is 1. The Hall–Kier alpha value is -2.58. The van der Waals surface area contributed by atoms with Crippen LogP contribution in [-0.4, -0.2) is 65.6 Å². The molecular formula is C20H25ClN4O4. The van der Waals surface area contributed by atoms with Crippen LogP contribution in [0.1, 0.15) is 18.2 Å². The second-order valence-corrected chi connectivity index (χ2v) is 7.57. The van der Waals surface area contributed by atoms with Crippen molar-refractivity contribution in [1.82, 2.24) is 15.0 Å². The number of hydrogen-bond acceptors (Lipinski definition) is 6. The molecule has 1 saturated heterocycles. The first kappa shape index (κ1) is 21.1. The molecule has 0 bridgehead atoms. The van der Waals surface area contributed by atoms with Crippen LogP contribution in [-0.2, 0) is 9.59 Å². The second kappa shape index (κ2) is 9.28. The SMILES string of the molecule is Cc1ccc(Cl)c(OC(C)C(=O)N2CCN(CC(=O)Nc3cc(C)on3)CC2)c1. The van der Waals surface area contributed by atoms with Gasteiger partial charge in [-0.05, 0) is 38.5 Å². The fourth-order valence-corrected chi connectivity index (χ4v) is 3.30. The lowest BCUT2D eigenvalue weighted by Crippen LogP contribution is -2.53. The number of benzene rings is 1. The number of nitrogens with one attached hydrogen (secondary N) is 1. The number of nitrogens with zero attached hydrogens (tertiary/aromatic N) is 3. The molecule has 2 amide bonds. The summed E-state index contributed by atoms with van der Waals surface area (Å²) in [6.45, 7) is 7.93. The van der Waals surface area contributed by atoms with Crippen LogP contribution in [0.5, 0.6) is 5.75 Å². The summed E-state index contributed by atoms with van der Waals surface area (Å²) < 4.78 is 10.7. The Balaban J connectivity index is 1.46. The number of carbonyl (C=O) groups excluding carboxylic acids is 2. The van der Waals surface area contributed by atoms with Crippen molar-refractivity contribution in [3.63, 3.8) is 0 Å². The quantitative estimate of drug-likeness (QED) is 0.772. The molecule has 156 valence electrons. The van der Waals surface area contributed by atoms with Crippen molar-refractivity contribution in [2.75, 3.05) is 38.0 Å². The molecule has 0 spiro atoms. The van der Waals surface area contributed by atoms with E-state index in [4.69, 9.17) is 20.9 Å². The number of anilines is 1. The highest BCUT2D eigenvalue weighted by Crippen LogP contribution is 2.26. The molecule has 1 aliphatic heterocycles. The predicted molar refractivity (Wildman–Crippen MR) is 109 cm³/mol. The van der Waals surface area contributed by atoms with E-state index in [2.05, 4.69) is 10.5 Å². The minimum absolute atomic E-state index is 0.0928. The molecule has 1 atom stereocenters. The summed E-state index contributed by atoms with van der Waals surface area (Å²) in [7, 11) is 0. The Morgan fingerprint density at radius 3 is 2.62 bits per heavy atom. The average molecular weight is 421 g/mol. The summed E-state index contributed by atoms with van der Waals surface area (Å²) >= 11 is 6.15. The average Bonchev–Trinajstić information content (AvgIpc) is 3.09. The van der Waals surface area contributed by atoms with E-state index in [0.29, 0.717) is 48.5 Å². The summed E-state index contributed by atoms with van der Waals surface area (Å²) in [4.78, 5) is 28.6. The molecule has 0 aliphatic carbocycles. The minimum atomic E-state index is -0.639. The van der Waals surface area contributed by atoms with Gasteiger partial charge in [0, 0.05) is 32.2 Å². The van der Waals surface area contributed by atoms with Gasteiger partial charge in [0.05, 0.1) is 11.6 Å². The van der Waals surface area contributed by atoms with E-state index < -0.39 is 6.10 Å². The van der Waals surface area contributed by atoms with E-state index in [1.165, 1.54) is 0 Å². The van der Waals surface area contributed by atoms with Gasteiger partial charge in [-0.15, -0.1) is 0 Å². The van der Waals surface area contributed by atoms with Crippen molar-refractivity contribution in [3.05, 3.63) is 40.6 Å². The highest BCUT2D eigenvalue weighted by atomic mass is 35.5. The molecule has 9 heteroatoms. The summed E-state index contributed by atoms with van der Waals surface area (Å²) in [6, 6.07) is 7.13. The lowest BCUT2D eigenvalue weighted by molar-refractivity contribution is -0.139. The maximum Gasteiger partial charge on any atom is 0.263 e. The third-order valence-electron chi connectivity index (χ3n) is 4.68. The van der Waals surface area contributed by atoms with Gasteiger partial charge in [0.15, 0.2) is 11.9 Å². The highest BCUT2D eigenvalue weighted by molar-refractivity contribution is 6.32. The van der Waals surface area contributed by atoms with Crippen LogP contribution in [0.2, 0.25) is 5.02 Å². The summed E-state index contributed by atoms with van der Waals surface area (Å²) in [6.07, 6.45) is -0.639. The first-order valence-electron chi connectivity index (χ1n) is 9.49. The highest BCUT2D eigenvalue weighted by Gasteiger charge is 2.27. The van der Waals surface area contributed by atoms with Gasteiger partial charge < -0.3 is 19.5 Å². The van der Waals surface area contributed by atoms with E-state index in [0.717, 1.165) is 5.56 Å². The van der Waals surface area contributed by atoms with E-state index >= 15 is 0 Å². The van der Waals surface area contributed by atoms with E-state index in [1.807, 2.05) is 24.0 Å². The predicted octanol–water partition coefficient (Wildman–Crippen LogP) is 2.50. The summed E-state index contributed by atoms with van der Waals surface area (Å²) in [5.74, 6) is 1.29. The fraction of sp³-hybridized carbons (Fsp3) is 0.450. The van der Waals surface area contributed by atoms with E-state index in [9.17, 15) is 9.59 Å². The van der Waals surface area contributed by atoms with Crippen molar-refractivity contribution < 1.29 is 18.8 Å². The van der Waals surface area contributed by atoms with Crippen LogP contribution < -0.4 is 10.1 Å². The normalized spacial score (nSPS) is 15.8. The third-order valence-corrected chi connectivity index (χ3v) is 5.00. The third kappa shape index (κ3) is 5.71. The Kier molecular flexibility index (Phi) is 6.76. The Morgan fingerprint density at radius 1 is 1.24 bits per heavy atom. The number of aromatic nitrogens is 1. The molecule has 1 unspecified atom stereocenters. The standard InChI is InChI=1S/C20H25ClN4O4/c1-13-4-5-16(21)17(10-13)28-15(3)20(27)25-8-6-24(7-9-25)12-19(26)22-18-11-14(2)29-23-18/h4-5,10-11,15H,6-9,12H2,1-3H3,(H,22,23,26). The van der Waals surface area contributed by atoms with Gasteiger partial charge in [0.2, 0.25) is 5.91 Å². The molecule has 1 N–H and O–H groups in total. The van der Waals surface area contributed by atoms with Crippen molar-refractivity contribution in [2.24, 2.45) is 0 Å². The number of aryl methyl sites for hydroxylation is 2. The topological polar surface area (TPSA) is 87.9 Å². The summed E-state index contributed by atoms with van der Waals surface area (Å²) in [5, 5.41) is 6.93. The lowest BCUT2D eigenvalue weighted by Gasteiger charge is -2.35. The molecule has 8 nitrogen and oxygen atoms in total. The van der Waals surface area contributed by atoms with Gasteiger partial charge in [-0.1, -0.05) is 22.8 Å². The van der Waals surface area contributed by atoms with Crippen molar-refractivity contribution in [3.8, 4) is 5.75 Å². The number of halogens is 1. The number of piperazine rings is 1. The zero-order valence-electron chi connectivity index (χ0n) is 16.8. The number of carbonyl (C=O) groups is 2. The zero-order chi connectivity index (χ0) is 21.0. The molecule has 3 rings (SSSR count). The fourth-order valence-electron chi connectivity index (χ4n) is 3.14.